The van der Waals surface area contributed by atoms with E-state index in [9.17, 15) is 4.79 Å². The number of carbonyl (C=O) groups excluding carboxylic acids is 1. The molecule has 36 heavy (non-hydrogen) atoms. The molecule has 0 bridgehead atoms. The molecule has 10 heteroatoms. The van der Waals surface area contributed by atoms with E-state index in [-0.39, 0.29) is 17.8 Å². The van der Waals surface area contributed by atoms with Crippen molar-refractivity contribution in [2.24, 2.45) is 5.92 Å². The quantitative estimate of drug-likeness (QED) is 0.210. The van der Waals surface area contributed by atoms with E-state index in [1.54, 1.807) is 23.1 Å². The zero-order valence-electron chi connectivity index (χ0n) is 20.1. The summed E-state index contributed by atoms with van der Waals surface area (Å²) in [6, 6.07) is 14.0. The summed E-state index contributed by atoms with van der Waals surface area (Å²) < 4.78 is 8.09. The largest absolute Gasteiger partial charge is 0.372 e. The lowest BCUT2D eigenvalue weighted by Gasteiger charge is -2.26. The summed E-state index contributed by atoms with van der Waals surface area (Å²) >= 11 is 4.62. The third-order valence-corrected chi connectivity index (χ3v) is 9.14. The number of nitrogens with one attached hydrogen (secondary N) is 1. The predicted octanol–water partition coefficient (Wildman–Crippen LogP) is 6.04. The highest BCUT2D eigenvalue weighted by Gasteiger charge is 2.29. The van der Waals surface area contributed by atoms with Gasteiger partial charge in [-0.15, -0.1) is 21.5 Å². The molecule has 2 aromatic carbocycles. The van der Waals surface area contributed by atoms with E-state index in [1.165, 1.54) is 22.2 Å². The minimum absolute atomic E-state index is 0.0855. The highest BCUT2D eigenvalue weighted by molar-refractivity contribution is 8.00. The summed E-state index contributed by atoms with van der Waals surface area (Å²) in [5.41, 5.74) is 2.90. The minimum atomic E-state index is -0.0855. The molecule has 184 valence electrons. The van der Waals surface area contributed by atoms with Gasteiger partial charge < -0.3 is 10.1 Å². The van der Waals surface area contributed by atoms with Gasteiger partial charge in [-0.2, -0.15) is 0 Å². The molecular weight excluding hydrogens is 511 g/mol. The molecule has 3 aromatic heterocycles. The Morgan fingerprint density at radius 3 is 2.86 bits per heavy atom. The van der Waals surface area contributed by atoms with Crippen molar-refractivity contribution in [3.05, 3.63) is 52.9 Å². The van der Waals surface area contributed by atoms with Crippen molar-refractivity contribution in [1.82, 2.24) is 19.6 Å². The van der Waals surface area contributed by atoms with Gasteiger partial charge in [0.25, 0.3) is 0 Å². The molecule has 0 fully saturated rings. The van der Waals surface area contributed by atoms with Gasteiger partial charge in [0.15, 0.2) is 16.0 Å². The summed E-state index contributed by atoms with van der Waals surface area (Å²) in [5, 5.41) is 16.8. The molecule has 1 amide bonds. The Labute approximate surface area is 221 Å². The molecule has 0 radical (unpaired) electrons. The number of thioether (sulfide) groups is 2. The van der Waals surface area contributed by atoms with Crippen molar-refractivity contribution in [3.8, 4) is 0 Å². The standard InChI is InChI=1S/C26H25N5O2S3/c1-14(2)19-11-17-20(12-33-19)36-24-22(17)23-29-30-26(31(23)25(28-24)34-3)35-13-21(32)27-18-10-6-8-15-7-4-5-9-16(15)18/h4-10,14,19H,11-13H2,1-3H3,(H,27,32)/t19-/m0/s1. The van der Waals surface area contributed by atoms with Crippen LogP contribution in [0, 0.1) is 5.92 Å². The van der Waals surface area contributed by atoms with Gasteiger partial charge in [0.1, 0.15) is 4.83 Å². The second-order valence-corrected chi connectivity index (χ2v) is 11.9. The first kappa shape index (κ1) is 23.7. The van der Waals surface area contributed by atoms with Crippen molar-refractivity contribution in [3.63, 3.8) is 0 Å². The number of hydrogen-bond acceptors (Lipinski definition) is 8. The molecule has 7 nitrogen and oxygen atoms in total. The van der Waals surface area contributed by atoms with Crippen LogP contribution in [-0.2, 0) is 22.6 Å². The summed E-state index contributed by atoms with van der Waals surface area (Å²) in [7, 11) is 0. The first-order chi connectivity index (χ1) is 17.5. The Morgan fingerprint density at radius 2 is 2.03 bits per heavy atom. The van der Waals surface area contributed by atoms with E-state index in [4.69, 9.17) is 9.72 Å². The van der Waals surface area contributed by atoms with E-state index in [2.05, 4.69) is 29.4 Å². The average Bonchev–Trinajstić information content (AvgIpc) is 3.47. The van der Waals surface area contributed by atoms with Gasteiger partial charge in [-0.05, 0) is 29.2 Å². The molecule has 0 saturated carbocycles. The molecule has 5 aromatic rings. The topological polar surface area (TPSA) is 81.4 Å². The molecule has 1 aliphatic heterocycles. The van der Waals surface area contributed by atoms with Crippen molar-refractivity contribution >= 4 is 73.1 Å². The monoisotopic (exact) mass is 535 g/mol. The lowest BCUT2D eigenvalue weighted by atomic mass is 9.96. The number of rotatable bonds is 6. The molecule has 4 heterocycles. The molecule has 0 spiro atoms. The van der Waals surface area contributed by atoms with Crippen molar-refractivity contribution < 1.29 is 9.53 Å². The molecule has 0 unspecified atom stereocenters. The van der Waals surface area contributed by atoms with Crippen molar-refractivity contribution in [2.45, 2.75) is 43.3 Å². The molecule has 1 N–H and O–H groups in total. The Hall–Kier alpha value is -2.66. The van der Waals surface area contributed by atoms with Gasteiger partial charge in [-0.1, -0.05) is 73.8 Å². The van der Waals surface area contributed by atoms with E-state index in [0.29, 0.717) is 17.7 Å². The van der Waals surface area contributed by atoms with Gasteiger partial charge in [0, 0.05) is 22.4 Å². The first-order valence-corrected chi connectivity index (χ1v) is 14.8. The number of benzene rings is 2. The number of carbonyl (C=O) groups is 1. The second-order valence-electron chi connectivity index (χ2n) is 9.09. The molecule has 0 saturated heterocycles. The van der Waals surface area contributed by atoms with Crippen molar-refractivity contribution in [1.29, 1.82) is 0 Å². The Bertz CT molecular complexity index is 1600. The van der Waals surface area contributed by atoms with Crippen LogP contribution >= 0.6 is 34.9 Å². The maximum atomic E-state index is 12.9. The number of aromatic nitrogens is 4. The maximum absolute atomic E-state index is 12.9. The maximum Gasteiger partial charge on any atom is 0.234 e. The zero-order chi connectivity index (χ0) is 24.8. The predicted molar refractivity (Wildman–Crippen MR) is 148 cm³/mol. The number of hydrogen-bond donors (Lipinski definition) is 1. The zero-order valence-corrected chi connectivity index (χ0v) is 22.6. The lowest BCUT2D eigenvalue weighted by molar-refractivity contribution is -0.113. The van der Waals surface area contributed by atoms with Crippen LogP contribution < -0.4 is 5.32 Å². The number of ether oxygens (including phenoxy) is 1. The van der Waals surface area contributed by atoms with Gasteiger partial charge >= 0.3 is 0 Å². The highest BCUT2D eigenvalue weighted by Crippen LogP contribution is 2.40. The lowest BCUT2D eigenvalue weighted by Crippen LogP contribution is -2.26. The highest BCUT2D eigenvalue weighted by atomic mass is 32.2. The fourth-order valence-corrected chi connectivity index (χ4v) is 7.14. The summed E-state index contributed by atoms with van der Waals surface area (Å²) in [4.78, 5) is 20.0. The van der Waals surface area contributed by atoms with Gasteiger partial charge in [-0.25, -0.2) is 9.38 Å². The number of anilines is 1. The first-order valence-electron chi connectivity index (χ1n) is 11.8. The Balaban J connectivity index is 1.30. The number of thiophene rings is 1. The summed E-state index contributed by atoms with van der Waals surface area (Å²) in [6.07, 6.45) is 3.04. The number of fused-ring (bicyclic) bond motifs is 6. The van der Waals surface area contributed by atoms with Gasteiger partial charge in [-0.3, -0.25) is 4.79 Å². The number of amides is 1. The van der Waals surface area contributed by atoms with Crippen LogP contribution in [0.1, 0.15) is 24.3 Å². The van der Waals surface area contributed by atoms with E-state index in [1.807, 2.05) is 53.1 Å². The van der Waals surface area contributed by atoms with Crippen LogP contribution in [0.15, 0.2) is 52.8 Å². The molecule has 1 aliphatic rings. The Morgan fingerprint density at radius 1 is 1.19 bits per heavy atom. The summed E-state index contributed by atoms with van der Waals surface area (Å²) in [6.45, 7) is 5.00. The fourth-order valence-electron chi connectivity index (χ4n) is 4.63. The van der Waals surface area contributed by atoms with Crippen LogP contribution in [0.5, 0.6) is 0 Å². The fraction of sp³-hybridized carbons (Fsp3) is 0.308. The van der Waals surface area contributed by atoms with Crippen LogP contribution in [0.3, 0.4) is 0 Å². The SMILES string of the molecule is CSc1nc2sc3c(c2c2nnc(SCC(=O)Nc4cccc5ccccc45)n12)C[C@@H](C(C)C)OC3. The Kier molecular flexibility index (Phi) is 6.37. The van der Waals surface area contributed by atoms with Crippen LogP contribution in [0.25, 0.3) is 26.6 Å². The molecule has 6 rings (SSSR count). The van der Waals surface area contributed by atoms with Crippen LogP contribution in [0.4, 0.5) is 5.69 Å². The van der Waals surface area contributed by atoms with E-state index >= 15 is 0 Å². The minimum Gasteiger partial charge on any atom is -0.372 e. The van der Waals surface area contributed by atoms with Gasteiger partial charge in [0.05, 0.1) is 23.8 Å². The van der Waals surface area contributed by atoms with Gasteiger partial charge in [0.2, 0.25) is 5.91 Å². The third kappa shape index (κ3) is 4.15. The van der Waals surface area contributed by atoms with Crippen molar-refractivity contribution in [2.75, 3.05) is 17.3 Å². The average molecular weight is 536 g/mol. The normalized spacial score (nSPS) is 15.7. The molecule has 0 aliphatic carbocycles. The van der Waals surface area contributed by atoms with E-state index < -0.39 is 0 Å². The number of nitrogens with zero attached hydrogens (tertiary/aromatic N) is 4. The second kappa shape index (κ2) is 9.66. The molecular formula is C26H25N5O2S3. The van der Waals surface area contributed by atoms with Crippen LogP contribution in [-0.4, -0.2) is 43.6 Å². The third-order valence-electron chi connectivity index (χ3n) is 6.47. The molecule has 1 atom stereocenters. The smallest absolute Gasteiger partial charge is 0.234 e. The van der Waals surface area contributed by atoms with E-state index in [0.717, 1.165) is 43.9 Å². The van der Waals surface area contributed by atoms with Crippen LogP contribution in [0.2, 0.25) is 0 Å². The summed E-state index contributed by atoms with van der Waals surface area (Å²) in [5.74, 6) is 0.574.